The average Bonchev–Trinajstić information content (AvgIpc) is 2.75. The summed E-state index contributed by atoms with van der Waals surface area (Å²) in [5.41, 5.74) is 0. The molecule has 0 aromatic heterocycles. The minimum atomic E-state index is -1.69. The fourth-order valence-corrected chi connectivity index (χ4v) is 9.39. The third-order valence-corrected chi connectivity index (χ3v) is 10.5. The number of benzene rings is 3. The molecule has 158 valence electrons. The Balaban J connectivity index is 2.09. The van der Waals surface area contributed by atoms with Gasteiger partial charge in [-0.15, -0.1) is 0 Å². The lowest BCUT2D eigenvalue weighted by atomic mass is 9.88. The predicted molar refractivity (Wildman–Crippen MR) is 137 cm³/mol. The third kappa shape index (κ3) is 5.61. The molecule has 0 heterocycles. The normalized spacial score (nSPS) is 12.1. The molecule has 0 unspecified atom stereocenters. The quantitative estimate of drug-likeness (QED) is 0.309. The van der Waals surface area contributed by atoms with Crippen LogP contribution in [0.15, 0.2) is 91.0 Å². The van der Waals surface area contributed by atoms with Gasteiger partial charge in [-0.2, -0.15) is 0 Å². The summed E-state index contributed by atoms with van der Waals surface area (Å²) in [5, 5.41) is 4.53. The van der Waals surface area contributed by atoms with Crippen LogP contribution in [0.1, 0.15) is 47.0 Å². The van der Waals surface area contributed by atoms with Gasteiger partial charge in [-0.3, -0.25) is 0 Å². The summed E-state index contributed by atoms with van der Waals surface area (Å²) in [4.78, 5) is 0. The first-order valence-corrected chi connectivity index (χ1v) is 13.5. The molecule has 0 aliphatic carbocycles. The Labute approximate surface area is 185 Å². The van der Waals surface area contributed by atoms with Crippen molar-refractivity contribution in [2.45, 2.75) is 47.0 Å². The molecule has 0 aliphatic heterocycles. The van der Waals surface area contributed by atoms with E-state index < -0.39 is 7.26 Å². The van der Waals surface area contributed by atoms with Crippen molar-refractivity contribution in [2.75, 3.05) is 6.16 Å². The first-order chi connectivity index (χ1) is 14.5. The molecule has 0 radical (unpaired) electrons. The lowest BCUT2D eigenvalue weighted by Crippen LogP contribution is -2.34. The first kappa shape index (κ1) is 22.8. The summed E-state index contributed by atoms with van der Waals surface area (Å²) in [5.74, 6) is 2.30. The lowest BCUT2D eigenvalue weighted by molar-refractivity contribution is 0.336. The Hall–Kier alpha value is -1.91. The van der Waals surface area contributed by atoms with Crippen LogP contribution in [-0.2, 0) is 0 Å². The predicted octanol–water partition coefficient (Wildman–Crippen LogP) is 7.08. The maximum Gasteiger partial charge on any atom is 0.112 e. The molecule has 0 aliphatic rings. The Kier molecular flexibility index (Phi) is 8.29. The van der Waals surface area contributed by atoms with Crippen molar-refractivity contribution in [1.29, 1.82) is 0 Å². The molecule has 0 nitrogen and oxygen atoms in total. The zero-order chi connectivity index (χ0) is 21.4. The molecule has 0 saturated carbocycles. The minimum absolute atomic E-state index is 0.756. The van der Waals surface area contributed by atoms with Crippen LogP contribution in [0.3, 0.4) is 0 Å². The highest BCUT2D eigenvalue weighted by molar-refractivity contribution is 7.95. The van der Waals surface area contributed by atoms with Gasteiger partial charge in [-0.1, -0.05) is 82.3 Å². The molecule has 0 saturated heterocycles. The van der Waals surface area contributed by atoms with Gasteiger partial charge in [0.1, 0.15) is 23.2 Å². The van der Waals surface area contributed by atoms with Crippen LogP contribution in [0.25, 0.3) is 0 Å². The van der Waals surface area contributed by atoms with E-state index in [-0.39, 0.29) is 0 Å². The van der Waals surface area contributed by atoms with Crippen molar-refractivity contribution >= 4 is 23.2 Å². The average molecular weight is 418 g/mol. The molecular weight excluding hydrogens is 379 g/mol. The van der Waals surface area contributed by atoms with Crippen molar-refractivity contribution in [3.63, 3.8) is 0 Å². The van der Waals surface area contributed by atoms with E-state index in [0.717, 1.165) is 17.8 Å². The highest BCUT2D eigenvalue weighted by atomic mass is 31.2. The van der Waals surface area contributed by atoms with Gasteiger partial charge < -0.3 is 0 Å². The SMILES string of the molecule is CC(C)CC(CC[P+](c1ccccc1)(c1ccccc1)c1ccccc1)CC(C)C. The maximum atomic E-state index is 2.38. The number of hydrogen-bond acceptors (Lipinski definition) is 0. The topological polar surface area (TPSA) is 0 Å². The van der Waals surface area contributed by atoms with Gasteiger partial charge in [0.2, 0.25) is 0 Å². The Morgan fingerprint density at radius 3 is 1.17 bits per heavy atom. The van der Waals surface area contributed by atoms with E-state index in [0.29, 0.717) is 0 Å². The molecule has 30 heavy (non-hydrogen) atoms. The van der Waals surface area contributed by atoms with Crippen LogP contribution in [0.2, 0.25) is 0 Å². The van der Waals surface area contributed by atoms with E-state index in [4.69, 9.17) is 0 Å². The standard InChI is InChI=1S/C29H38P/c1-24(2)22-26(23-25(3)4)20-21-30(27-14-8-5-9-15-27,28-16-10-6-11-17-28)29-18-12-7-13-19-29/h5-19,24-26H,20-23H2,1-4H3/q+1. The van der Waals surface area contributed by atoms with Crippen LogP contribution in [0.5, 0.6) is 0 Å². The van der Waals surface area contributed by atoms with E-state index in [9.17, 15) is 0 Å². The summed E-state index contributed by atoms with van der Waals surface area (Å²) in [6.45, 7) is 9.51. The second kappa shape index (κ2) is 10.9. The molecule has 1 heteroatoms. The maximum absolute atomic E-state index is 2.38. The van der Waals surface area contributed by atoms with Crippen LogP contribution in [-0.4, -0.2) is 6.16 Å². The van der Waals surface area contributed by atoms with Gasteiger partial charge in [-0.25, -0.2) is 0 Å². The van der Waals surface area contributed by atoms with E-state index in [1.54, 1.807) is 0 Å². The number of hydrogen-bond donors (Lipinski definition) is 0. The second-order valence-corrected chi connectivity index (χ2v) is 13.1. The molecule has 0 fully saturated rings. The fourth-order valence-electron chi connectivity index (χ4n) is 4.92. The Morgan fingerprint density at radius 2 is 0.867 bits per heavy atom. The zero-order valence-corrected chi connectivity index (χ0v) is 20.1. The number of rotatable bonds is 10. The van der Waals surface area contributed by atoms with Crippen LogP contribution in [0, 0.1) is 17.8 Å². The van der Waals surface area contributed by atoms with Crippen LogP contribution >= 0.6 is 7.26 Å². The summed E-state index contributed by atoms with van der Waals surface area (Å²) < 4.78 is 0. The fraction of sp³-hybridized carbons (Fsp3) is 0.379. The van der Waals surface area contributed by atoms with E-state index >= 15 is 0 Å². The summed E-state index contributed by atoms with van der Waals surface area (Å²) in [7, 11) is -1.69. The lowest BCUT2D eigenvalue weighted by Gasteiger charge is -2.30. The van der Waals surface area contributed by atoms with E-state index in [1.165, 1.54) is 41.3 Å². The minimum Gasteiger partial charge on any atom is -0.0628 e. The Bertz CT molecular complexity index is 746. The highest BCUT2D eigenvalue weighted by Crippen LogP contribution is 2.56. The summed E-state index contributed by atoms with van der Waals surface area (Å²) >= 11 is 0. The van der Waals surface area contributed by atoms with Gasteiger partial charge >= 0.3 is 0 Å². The van der Waals surface area contributed by atoms with Crippen molar-refractivity contribution in [1.82, 2.24) is 0 Å². The Morgan fingerprint density at radius 1 is 0.533 bits per heavy atom. The van der Waals surface area contributed by atoms with Gasteiger partial charge in [0, 0.05) is 0 Å². The van der Waals surface area contributed by atoms with Crippen molar-refractivity contribution in [3.05, 3.63) is 91.0 Å². The van der Waals surface area contributed by atoms with Gasteiger partial charge in [0.15, 0.2) is 0 Å². The largest absolute Gasteiger partial charge is 0.112 e. The van der Waals surface area contributed by atoms with Crippen molar-refractivity contribution in [3.8, 4) is 0 Å². The first-order valence-electron chi connectivity index (χ1n) is 11.6. The smallest absolute Gasteiger partial charge is 0.0628 e. The molecule has 0 spiro atoms. The molecule has 0 atom stereocenters. The third-order valence-electron chi connectivity index (χ3n) is 6.07. The molecule has 3 rings (SSSR count). The van der Waals surface area contributed by atoms with E-state index in [1.807, 2.05) is 0 Å². The molecular formula is C29H38P+. The molecule has 0 bridgehead atoms. The molecule has 3 aromatic carbocycles. The van der Waals surface area contributed by atoms with Gasteiger partial charge in [-0.05, 0) is 73.4 Å². The monoisotopic (exact) mass is 417 g/mol. The summed E-state index contributed by atoms with van der Waals surface area (Å²) in [6.07, 6.45) is 5.20. The van der Waals surface area contributed by atoms with Crippen molar-refractivity contribution in [2.24, 2.45) is 17.8 Å². The van der Waals surface area contributed by atoms with E-state index in [2.05, 4.69) is 119 Å². The van der Waals surface area contributed by atoms with Crippen molar-refractivity contribution < 1.29 is 0 Å². The molecule has 0 amide bonds. The zero-order valence-electron chi connectivity index (χ0n) is 19.2. The van der Waals surface area contributed by atoms with Crippen LogP contribution < -0.4 is 15.9 Å². The second-order valence-electron chi connectivity index (χ2n) is 9.45. The summed E-state index contributed by atoms with van der Waals surface area (Å²) in [6, 6.07) is 34.0. The molecule has 0 N–H and O–H groups in total. The molecule has 3 aromatic rings. The van der Waals surface area contributed by atoms with Gasteiger partial charge in [0.05, 0.1) is 6.16 Å². The highest BCUT2D eigenvalue weighted by Gasteiger charge is 2.45. The van der Waals surface area contributed by atoms with Gasteiger partial charge in [0.25, 0.3) is 0 Å². The van der Waals surface area contributed by atoms with Crippen LogP contribution in [0.4, 0.5) is 0 Å².